The monoisotopic (exact) mass is 254 g/mol. The Labute approximate surface area is 112 Å². The third kappa shape index (κ3) is 3.71. The molecule has 3 nitrogen and oxygen atoms in total. The molecule has 0 bridgehead atoms. The van der Waals surface area contributed by atoms with E-state index in [1.54, 1.807) is 0 Å². The van der Waals surface area contributed by atoms with Crippen LogP contribution in [0.25, 0.3) is 0 Å². The maximum atomic E-state index is 12.4. The minimum Gasteiger partial charge on any atom is -0.353 e. The van der Waals surface area contributed by atoms with E-state index in [0.29, 0.717) is 11.8 Å². The zero-order valence-electron chi connectivity index (χ0n) is 12.4. The third-order valence-electron chi connectivity index (χ3n) is 4.70. The summed E-state index contributed by atoms with van der Waals surface area (Å²) in [6.45, 7) is 8.65. The van der Waals surface area contributed by atoms with Crippen molar-refractivity contribution in [2.45, 2.75) is 71.9 Å². The van der Waals surface area contributed by atoms with Crippen LogP contribution in [-0.4, -0.2) is 18.0 Å². The lowest BCUT2D eigenvalue weighted by Gasteiger charge is -2.34. The van der Waals surface area contributed by atoms with E-state index in [0.717, 1.165) is 32.1 Å². The van der Waals surface area contributed by atoms with Crippen LogP contribution in [0.2, 0.25) is 0 Å². The van der Waals surface area contributed by atoms with Crippen molar-refractivity contribution in [3.63, 3.8) is 0 Å². The van der Waals surface area contributed by atoms with Crippen LogP contribution in [0, 0.1) is 17.8 Å². The molecule has 4 unspecified atom stereocenters. The Morgan fingerprint density at radius 1 is 1.33 bits per heavy atom. The predicted molar refractivity (Wildman–Crippen MR) is 76.2 cm³/mol. The van der Waals surface area contributed by atoms with Gasteiger partial charge in [-0.2, -0.15) is 0 Å². The topological polar surface area (TPSA) is 55.1 Å². The third-order valence-corrected chi connectivity index (χ3v) is 4.70. The lowest BCUT2D eigenvalue weighted by atomic mass is 9.76. The Hall–Kier alpha value is -0.570. The van der Waals surface area contributed by atoms with Gasteiger partial charge in [0.1, 0.15) is 0 Å². The van der Waals surface area contributed by atoms with Crippen molar-refractivity contribution in [3.05, 3.63) is 0 Å². The fraction of sp³-hybridized carbons (Fsp3) is 0.933. The summed E-state index contributed by atoms with van der Waals surface area (Å²) in [5.74, 6) is 1.18. The molecule has 1 aliphatic rings. The van der Waals surface area contributed by atoms with E-state index in [9.17, 15) is 4.79 Å². The zero-order chi connectivity index (χ0) is 13.7. The van der Waals surface area contributed by atoms with Crippen molar-refractivity contribution in [1.29, 1.82) is 0 Å². The summed E-state index contributed by atoms with van der Waals surface area (Å²) in [7, 11) is 0. The average Bonchev–Trinajstić information content (AvgIpc) is 2.30. The first kappa shape index (κ1) is 15.5. The fourth-order valence-corrected chi connectivity index (χ4v) is 3.34. The number of hydrogen-bond acceptors (Lipinski definition) is 2. The first-order valence-electron chi connectivity index (χ1n) is 7.57. The standard InChI is InChI=1S/C15H30N2O/c1-5-12(6-2)11(4)17-15(18)14-10(3)8-7-9-13(14)16/h10-14H,5-9,16H2,1-4H3,(H,17,18). The normalized spacial score (nSPS) is 30.2. The fourth-order valence-electron chi connectivity index (χ4n) is 3.34. The van der Waals surface area contributed by atoms with Crippen LogP contribution in [0.4, 0.5) is 0 Å². The first-order chi connectivity index (χ1) is 8.51. The highest BCUT2D eigenvalue weighted by Crippen LogP contribution is 2.29. The quantitative estimate of drug-likeness (QED) is 0.792. The summed E-state index contributed by atoms with van der Waals surface area (Å²) in [6.07, 6.45) is 5.51. The molecule has 0 spiro atoms. The van der Waals surface area contributed by atoms with Gasteiger partial charge in [-0.1, -0.05) is 40.0 Å². The largest absolute Gasteiger partial charge is 0.353 e. The van der Waals surface area contributed by atoms with Gasteiger partial charge in [0.15, 0.2) is 0 Å². The molecule has 0 aromatic rings. The summed E-state index contributed by atoms with van der Waals surface area (Å²) in [6, 6.07) is 0.302. The maximum Gasteiger partial charge on any atom is 0.225 e. The molecule has 3 heteroatoms. The van der Waals surface area contributed by atoms with E-state index in [1.165, 1.54) is 0 Å². The van der Waals surface area contributed by atoms with Crippen LogP contribution in [0.1, 0.15) is 59.8 Å². The zero-order valence-corrected chi connectivity index (χ0v) is 12.4. The molecule has 18 heavy (non-hydrogen) atoms. The van der Waals surface area contributed by atoms with Gasteiger partial charge in [-0.15, -0.1) is 0 Å². The molecule has 1 rings (SSSR count). The van der Waals surface area contributed by atoms with Gasteiger partial charge >= 0.3 is 0 Å². The Morgan fingerprint density at radius 2 is 1.94 bits per heavy atom. The van der Waals surface area contributed by atoms with Gasteiger partial charge in [0, 0.05) is 12.1 Å². The average molecular weight is 254 g/mol. The van der Waals surface area contributed by atoms with Gasteiger partial charge in [0.25, 0.3) is 0 Å². The molecular weight excluding hydrogens is 224 g/mol. The van der Waals surface area contributed by atoms with Gasteiger partial charge in [-0.05, 0) is 31.6 Å². The Bertz CT molecular complexity index is 253. The van der Waals surface area contributed by atoms with Crippen molar-refractivity contribution in [1.82, 2.24) is 5.32 Å². The number of amides is 1. The van der Waals surface area contributed by atoms with Crippen molar-refractivity contribution >= 4 is 5.91 Å². The number of nitrogens with two attached hydrogens (primary N) is 1. The summed E-state index contributed by atoms with van der Waals surface area (Å²) in [4.78, 5) is 12.4. The van der Waals surface area contributed by atoms with Crippen LogP contribution in [0.5, 0.6) is 0 Å². The molecule has 3 N–H and O–H groups in total. The lowest BCUT2D eigenvalue weighted by Crippen LogP contribution is -2.50. The number of carbonyl (C=O) groups is 1. The van der Waals surface area contributed by atoms with Gasteiger partial charge in [0.2, 0.25) is 5.91 Å². The SMILES string of the molecule is CCC(CC)C(C)NC(=O)C1C(C)CCCC1N. The van der Waals surface area contributed by atoms with Crippen molar-refractivity contribution < 1.29 is 4.79 Å². The Kier molecular flexibility index (Phi) is 6.13. The highest BCUT2D eigenvalue weighted by Gasteiger charge is 2.34. The second-order valence-electron chi connectivity index (χ2n) is 5.97. The van der Waals surface area contributed by atoms with Gasteiger partial charge in [-0.3, -0.25) is 4.79 Å². The molecule has 1 amide bonds. The molecule has 0 heterocycles. The first-order valence-corrected chi connectivity index (χ1v) is 7.57. The molecule has 1 saturated carbocycles. The molecule has 0 aromatic carbocycles. The second-order valence-corrected chi connectivity index (χ2v) is 5.97. The second kappa shape index (κ2) is 7.13. The van der Waals surface area contributed by atoms with E-state index in [4.69, 9.17) is 5.73 Å². The van der Waals surface area contributed by atoms with E-state index in [2.05, 4.69) is 33.0 Å². The highest BCUT2D eigenvalue weighted by atomic mass is 16.2. The summed E-state index contributed by atoms with van der Waals surface area (Å²) in [5.41, 5.74) is 6.13. The summed E-state index contributed by atoms with van der Waals surface area (Å²) in [5, 5.41) is 3.19. The molecule has 1 aliphatic carbocycles. The minimum absolute atomic E-state index is 0.00978. The molecule has 0 saturated heterocycles. The minimum atomic E-state index is 0.00978. The van der Waals surface area contributed by atoms with Crippen LogP contribution in [0.3, 0.4) is 0 Å². The number of nitrogens with one attached hydrogen (secondary N) is 1. The van der Waals surface area contributed by atoms with E-state index in [-0.39, 0.29) is 23.9 Å². The molecule has 0 aliphatic heterocycles. The van der Waals surface area contributed by atoms with Crippen molar-refractivity contribution in [2.75, 3.05) is 0 Å². The van der Waals surface area contributed by atoms with Crippen LogP contribution >= 0.6 is 0 Å². The molecule has 106 valence electrons. The molecule has 4 atom stereocenters. The molecule has 1 fully saturated rings. The summed E-state index contributed by atoms with van der Waals surface area (Å²) < 4.78 is 0. The Morgan fingerprint density at radius 3 is 2.44 bits per heavy atom. The van der Waals surface area contributed by atoms with Gasteiger partial charge in [-0.25, -0.2) is 0 Å². The van der Waals surface area contributed by atoms with Crippen molar-refractivity contribution in [2.24, 2.45) is 23.5 Å². The smallest absolute Gasteiger partial charge is 0.225 e. The van der Waals surface area contributed by atoms with Gasteiger partial charge < -0.3 is 11.1 Å². The predicted octanol–water partition coefficient (Wildman–Crippen LogP) is 2.69. The molecular formula is C15H30N2O. The number of carbonyl (C=O) groups excluding carboxylic acids is 1. The van der Waals surface area contributed by atoms with E-state index >= 15 is 0 Å². The van der Waals surface area contributed by atoms with Crippen LogP contribution in [0.15, 0.2) is 0 Å². The van der Waals surface area contributed by atoms with Gasteiger partial charge in [0.05, 0.1) is 5.92 Å². The van der Waals surface area contributed by atoms with Crippen LogP contribution in [-0.2, 0) is 4.79 Å². The van der Waals surface area contributed by atoms with Crippen LogP contribution < -0.4 is 11.1 Å². The number of rotatable bonds is 5. The summed E-state index contributed by atoms with van der Waals surface area (Å²) >= 11 is 0. The van der Waals surface area contributed by atoms with E-state index in [1.807, 2.05) is 0 Å². The highest BCUT2D eigenvalue weighted by molar-refractivity contribution is 5.80. The lowest BCUT2D eigenvalue weighted by molar-refractivity contribution is -0.129. The maximum absolute atomic E-state index is 12.4. The molecule has 0 radical (unpaired) electrons. The van der Waals surface area contributed by atoms with Crippen molar-refractivity contribution in [3.8, 4) is 0 Å². The van der Waals surface area contributed by atoms with E-state index < -0.39 is 0 Å². The number of hydrogen-bond donors (Lipinski definition) is 2. The molecule has 0 aromatic heterocycles. The Balaban J connectivity index is 2.58.